The zero-order valence-corrected chi connectivity index (χ0v) is 20.6. The van der Waals surface area contributed by atoms with Crippen molar-refractivity contribution >= 4 is 23.0 Å². The highest BCUT2D eigenvalue weighted by molar-refractivity contribution is 5.83. The lowest BCUT2D eigenvalue weighted by Gasteiger charge is -2.35. The number of rotatable bonds is 3. The molecule has 0 aliphatic carbocycles. The number of urea groups is 1. The second-order valence-electron chi connectivity index (χ2n) is 9.43. The number of benzene rings is 2. The topological polar surface area (TPSA) is 87.8 Å². The van der Waals surface area contributed by atoms with Crippen LogP contribution in [0.3, 0.4) is 0 Å². The van der Waals surface area contributed by atoms with Crippen LogP contribution in [-0.4, -0.2) is 64.6 Å². The van der Waals surface area contributed by atoms with Gasteiger partial charge in [-0.2, -0.15) is 0 Å². The van der Waals surface area contributed by atoms with E-state index >= 15 is 0 Å². The standard InChI is InChI=1S/C27H32N4O4/c1-4-34-26(32)20-6-5-9-30(15-20)27(33)31-10-11-35-25-17(2)12-21(13-22(25)16-31)19-7-8-23-24(14-19)29-18(3)28-23/h7-8,12-14,20H,4-6,9-11,15-16H2,1-3H3,(H,28,29). The minimum Gasteiger partial charge on any atom is -0.491 e. The normalized spacial score (nSPS) is 18.1. The number of carbonyl (C=O) groups excluding carboxylic acids is 2. The van der Waals surface area contributed by atoms with Gasteiger partial charge in [0.05, 0.1) is 36.6 Å². The minimum atomic E-state index is -0.252. The van der Waals surface area contributed by atoms with E-state index in [1.165, 1.54) is 0 Å². The average Bonchev–Trinajstić information content (AvgIpc) is 3.09. The van der Waals surface area contributed by atoms with Gasteiger partial charge in [-0.25, -0.2) is 9.78 Å². The summed E-state index contributed by atoms with van der Waals surface area (Å²) >= 11 is 0. The number of imidazole rings is 1. The van der Waals surface area contributed by atoms with Crippen molar-refractivity contribution < 1.29 is 19.1 Å². The summed E-state index contributed by atoms with van der Waals surface area (Å²) in [6, 6.07) is 10.4. The van der Waals surface area contributed by atoms with Crippen LogP contribution in [-0.2, 0) is 16.1 Å². The molecule has 1 fully saturated rings. The second-order valence-corrected chi connectivity index (χ2v) is 9.43. The lowest BCUT2D eigenvalue weighted by Crippen LogP contribution is -2.49. The highest BCUT2D eigenvalue weighted by Crippen LogP contribution is 2.34. The maximum atomic E-state index is 13.5. The van der Waals surface area contributed by atoms with Crippen LogP contribution in [0.25, 0.3) is 22.2 Å². The first kappa shape index (κ1) is 23.2. The van der Waals surface area contributed by atoms with E-state index in [1.807, 2.05) is 31.7 Å². The van der Waals surface area contributed by atoms with Gasteiger partial charge in [0.2, 0.25) is 0 Å². The molecule has 3 aromatic rings. The van der Waals surface area contributed by atoms with E-state index in [-0.39, 0.29) is 17.9 Å². The fourth-order valence-corrected chi connectivity index (χ4v) is 5.16. The van der Waals surface area contributed by atoms with Crippen molar-refractivity contribution in [3.63, 3.8) is 0 Å². The number of amides is 2. The lowest BCUT2D eigenvalue weighted by molar-refractivity contribution is -0.149. The van der Waals surface area contributed by atoms with Crippen LogP contribution >= 0.6 is 0 Å². The smallest absolute Gasteiger partial charge is 0.320 e. The number of piperidine rings is 1. The highest BCUT2D eigenvalue weighted by atomic mass is 16.5. The molecule has 1 aromatic heterocycles. The number of likely N-dealkylation sites (tertiary alicyclic amines) is 1. The van der Waals surface area contributed by atoms with E-state index in [4.69, 9.17) is 9.47 Å². The zero-order chi connectivity index (χ0) is 24.5. The number of aromatic amines is 1. The van der Waals surface area contributed by atoms with Crippen molar-refractivity contribution in [3.8, 4) is 16.9 Å². The molecule has 1 unspecified atom stereocenters. The number of hydrogen-bond donors (Lipinski definition) is 1. The zero-order valence-electron chi connectivity index (χ0n) is 20.6. The van der Waals surface area contributed by atoms with Crippen LogP contribution in [0.1, 0.15) is 36.7 Å². The third kappa shape index (κ3) is 4.70. The molecule has 5 rings (SSSR count). The molecular formula is C27H32N4O4. The summed E-state index contributed by atoms with van der Waals surface area (Å²) in [5.74, 6) is 1.28. The minimum absolute atomic E-state index is 0.0483. The molecule has 3 heterocycles. The van der Waals surface area contributed by atoms with E-state index in [0.717, 1.165) is 57.7 Å². The predicted octanol–water partition coefficient (Wildman–Crippen LogP) is 4.44. The number of ether oxygens (including phenoxy) is 2. The van der Waals surface area contributed by atoms with E-state index < -0.39 is 0 Å². The number of esters is 1. The van der Waals surface area contributed by atoms with Gasteiger partial charge in [-0.15, -0.1) is 0 Å². The van der Waals surface area contributed by atoms with Crippen molar-refractivity contribution in [1.82, 2.24) is 19.8 Å². The molecule has 8 nitrogen and oxygen atoms in total. The molecule has 0 radical (unpaired) electrons. The quantitative estimate of drug-likeness (QED) is 0.565. The van der Waals surface area contributed by atoms with Gasteiger partial charge in [-0.1, -0.05) is 6.07 Å². The van der Waals surface area contributed by atoms with Crippen molar-refractivity contribution in [2.75, 3.05) is 32.8 Å². The van der Waals surface area contributed by atoms with Crippen LogP contribution in [0.5, 0.6) is 5.75 Å². The SMILES string of the molecule is CCOC(=O)C1CCCN(C(=O)N2CCOc3c(C)cc(-c4ccc5nc(C)[nH]c5c4)cc3C2)C1. The lowest BCUT2D eigenvalue weighted by atomic mass is 9.98. The molecule has 184 valence electrons. The summed E-state index contributed by atoms with van der Waals surface area (Å²) in [7, 11) is 0. The molecule has 2 amide bonds. The van der Waals surface area contributed by atoms with E-state index in [9.17, 15) is 9.59 Å². The molecule has 2 aliphatic heterocycles. The maximum Gasteiger partial charge on any atom is 0.320 e. The third-order valence-electron chi connectivity index (χ3n) is 6.84. The number of H-pyrrole nitrogens is 1. The molecule has 8 heteroatoms. The van der Waals surface area contributed by atoms with Gasteiger partial charge in [0.15, 0.2) is 0 Å². The molecule has 0 bridgehead atoms. The van der Waals surface area contributed by atoms with Gasteiger partial charge in [-0.3, -0.25) is 4.79 Å². The molecule has 2 aliphatic rings. The molecule has 35 heavy (non-hydrogen) atoms. The Balaban J connectivity index is 1.39. The van der Waals surface area contributed by atoms with Crippen LogP contribution in [0, 0.1) is 19.8 Å². The molecule has 0 spiro atoms. The molecular weight excluding hydrogens is 444 g/mol. The van der Waals surface area contributed by atoms with Crippen molar-refractivity contribution in [2.24, 2.45) is 5.92 Å². The number of hydrogen-bond acceptors (Lipinski definition) is 5. The summed E-state index contributed by atoms with van der Waals surface area (Å²) in [6.07, 6.45) is 1.56. The summed E-state index contributed by atoms with van der Waals surface area (Å²) in [4.78, 5) is 37.1. The van der Waals surface area contributed by atoms with E-state index in [0.29, 0.717) is 39.4 Å². The fourth-order valence-electron chi connectivity index (χ4n) is 5.16. The van der Waals surface area contributed by atoms with Gasteiger partial charge >= 0.3 is 12.0 Å². The largest absolute Gasteiger partial charge is 0.491 e. The van der Waals surface area contributed by atoms with Crippen molar-refractivity contribution in [3.05, 3.63) is 47.3 Å². The first-order chi connectivity index (χ1) is 16.9. The predicted molar refractivity (Wildman–Crippen MR) is 133 cm³/mol. The first-order valence-electron chi connectivity index (χ1n) is 12.4. The summed E-state index contributed by atoms with van der Waals surface area (Å²) in [5, 5.41) is 0. The van der Waals surface area contributed by atoms with Gasteiger partial charge < -0.3 is 24.3 Å². The van der Waals surface area contributed by atoms with Crippen LogP contribution in [0.4, 0.5) is 4.79 Å². The first-order valence-corrected chi connectivity index (χ1v) is 12.4. The monoisotopic (exact) mass is 476 g/mol. The maximum absolute atomic E-state index is 13.5. The Bertz CT molecular complexity index is 1270. The highest BCUT2D eigenvalue weighted by Gasteiger charge is 2.32. The second kappa shape index (κ2) is 9.60. The van der Waals surface area contributed by atoms with E-state index in [2.05, 4.69) is 34.2 Å². The molecule has 1 N–H and O–H groups in total. The number of nitrogens with zero attached hydrogens (tertiary/aromatic N) is 3. The van der Waals surface area contributed by atoms with E-state index in [1.54, 1.807) is 4.90 Å². The molecule has 0 saturated carbocycles. The van der Waals surface area contributed by atoms with Crippen LogP contribution in [0.15, 0.2) is 30.3 Å². The summed E-state index contributed by atoms with van der Waals surface area (Å²) < 4.78 is 11.3. The Hall–Kier alpha value is -3.55. The molecule has 1 atom stereocenters. The average molecular weight is 477 g/mol. The van der Waals surface area contributed by atoms with Gasteiger partial charge in [-0.05, 0) is 74.6 Å². The number of aryl methyl sites for hydroxylation is 2. The van der Waals surface area contributed by atoms with Crippen molar-refractivity contribution in [2.45, 2.75) is 40.2 Å². The summed E-state index contributed by atoms with van der Waals surface area (Å²) in [5.41, 5.74) is 6.15. The van der Waals surface area contributed by atoms with Gasteiger partial charge in [0, 0.05) is 18.7 Å². The Kier molecular flexibility index (Phi) is 6.36. The van der Waals surface area contributed by atoms with Crippen LogP contribution in [0.2, 0.25) is 0 Å². The number of fused-ring (bicyclic) bond motifs is 2. The Labute approximate surface area is 205 Å². The number of carbonyl (C=O) groups is 2. The Morgan fingerprint density at radius 2 is 2.00 bits per heavy atom. The fraction of sp³-hybridized carbons (Fsp3) is 0.444. The Morgan fingerprint density at radius 1 is 1.14 bits per heavy atom. The van der Waals surface area contributed by atoms with Gasteiger partial charge in [0.1, 0.15) is 18.2 Å². The molecule has 1 saturated heterocycles. The van der Waals surface area contributed by atoms with Crippen LogP contribution < -0.4 is 4.74 Å². The van der Waals surface area contributed by atoms with Crippen molar-refractivity contribution in [1.29, 1.82) is 0 Å². The third-order valence-corrected chi connectivity index (χ3v) is 6.84. The summed E-state index contributed by atoms with van der Waals surface area (Å²) in [6.45, 7) is 8.64. The Morgan fingerprint density at radius 3 is 2.83 bits per heavy atom. The molecule has 2 aromatic carbocycles. The number of nitrogens with one attached hydrogen (secondary N) is 1. The number of aromatic nitrogens is 2. The van der Waals surface area contributed by atoms with Gasteiger partial charge in [0.25, 0.3) is 0 Å².